The first-order valence-electron chi connectivity index (χ1n) is 4.63. The van der Waals surface area contributed by atoms with E-state index >= 15 is 0 Å². The molecular formula is C9H6ClF4NO3S. The molecular weight excluding hydrogens is 314 g/mol. The molecule has 0 aliphatic rings. The van der Waals surface area contributed by atoms with Gasteiger partial charge in [-0.15, -0.1) is 0 Å². The quantitative estimate of drug-likeness (QED) is 0.681. The molecule has 1 aromatic rings. The minimum absolute atomic E-state index is 0.131. The van der Waals surface area contributed by atoms with Gasteiger partial charge in [0.25, 0.3) is 21.4 Å². The van der Waals surface area contributed by atoms with Crippen LogP contribution in [0.4, 0.5) is 17.6 Å². The molecule has 0 atom stereocenters. The van der Waals surface area contributed by atoms with Crippen LogP contribution in [0, 0.1) is 11.6 Å². The summed E-state index contributed by atoms with van der Waals surface area (Å²) in [4.78, 5) is 10.2. The fourth-order valence-corrected chi connectivity index (χ4v) is 2.06. The Hall–Kier alpha value is -1.35. The van der Waals surface area contributed by atoms with Crippen molar-refractivity contribution in [3.8, 4) is 0 Å². The van der Waals surface area contributed by atoms with E-state index in [9.17, 15) is 30.8 Å². The number of hydrogen-bond donors (Lipinski definition) is 1. The van der Waals surface area contributed by atoms with Gasteiger partial charge in [0, 0.05) is 16.7 Å². The number of hydrogen-bond acceptors (Lipinski definition) is 3. The largest absolute Gasteiger partial charge is 0.346 e. The van der Waals surface area contributed by atoms with Crippen molar-refractivity contribution in [3.05, 3.63) is 29.3 Å². The summed E-state index contributed by atoms with van der Waals surface area (Å²) in [6.45, 7) is -1.06. The van der Waals surface area contributed by atoms with Crippen LogP contribution in [0.2, 0.25) is 0 Å². The molecule has 0 radical (unpaired) electrons. The predicted octanol–water partition coefficient (Wildman–Crippen LogP) is 1.89. The Kier molecular flexibility index (Phi) is 4.75. The summed E-state index contributed by atoms with van der Waals surface area (Å²) in [7, 11) is 0.343. The third-order valence-corrected chi connectivity index (χ3v) is 3.28. The predicted molar refractivity (Wildman–Crippen MR) is 57.7 cm³/mol. The van der Waals surface area contributed by atoms with E-state index in [0.717, 1.165) is 0 Å². The van der Waals surface area contributed by atoms with Crippen molar-refractivity contribution in [2.24, 2.45) is 0 Å². The zero-order valence-electron chi connectivity index (χ0n) is 8.96. The molecule has 0 fully saturated rings. The molecule has 0 heterocycles. The molecule has 10 heteroatoms. The Morgan fingerprint density at radius 3 is 2.32 bits per heavy atom. The summed E-state index contributed by atoms with van der Waals surface area (Å²) < 4.78 is 72.0. The second-order valence-electron chi connectivity index (χ2n) is 3.30. The third kappa shape index (κ3) is 4.06. The average molecular weight is 320 g/mol. The lowest BCUT2D eigenvalue weighted by molar-refractivity contribution is 0.0887. The van der Waals surface area contributed by atoms with Crippen LogP contribution in [-0.2, 0) is 9.05 Å². The number of carbonyl (C=O) groups is 1. The molecule has 0 spiro atoms. The lowest BCUT2D eigenvalue weighted by atomic mass is 10.2. The summed E-state index contributed by atoms with van der Waals surface area (Å²) in [6, 6.07) is 0.473. The number of benzene rings is 1. The van der Waals surface area contributed by atoms with Crippen LogP contribution >= 0.6 is 10.7 Å². The monoisotopic (exact) mass is 319 g/mol. The van der Waals surface area contributed by atoms with E-state index in [1.54, 1.807) is 5.32 Å². The van der Waals surface area contributed by atoms with Crippen molar-refractivity contribution in [2.75, 3.05) is 6.54 Å². The maximum absolute atomic E-state index is 13.3. The van der Waals surface area contributed by atoms with Gasteiger partial charge in [0.1, 0.15) is 16.5 Å². The highest BCUT2D eigenvalue weighted by Crippen LogP contribution is 2.22. The molecule has 0 aliphatic carbocycles. The first kappa shape index (κ1) is 15.7. The molecule has 1 aromatic carbocycles. The highest BCUT2D eigenvalue weighted by Gasteiger charge is 2.23. The highest BCUT2D eigenvalue weighted by molar-refractivity contribution is 8.13. The van der Waals surface area contributed by atoms with Crippen LogP contribution in [-0.4, -0.2) is 27.3 Å². The molecule has 106 valence electrons. The topological polar surface area (TPSA) is 63.2 Å². The first-order chi connectivity index (χ1) is 8.62. The van der Waals surface area contributed by atoms with E-state index < -0.39 is 50.0 Å². The molecule has 0 aromatic heterocycles. The molecule has 0 aliphatic heterocycles. The number of amides is 1. The maximum Gasteiger partial charge on any atom is 0.264 e. The standard InChI is InChI=1S/C9H6ClF4NO3S/c10-19(17,18)7-1-4(5(11)2-6(7)12)9(16)15-3-8(13)14/h1-2,8H,3H2,(H,15,16). The second kappa shape index (κ2) is 5.74. The number of rotatable bonds is 4. The minimum atomic E-state index is -4.54. The van der Waals surface area contributed by atoms with Crippen LogP contribution in [0.15, 0.2) is 17.0 Å². The molecule has 1 amide bonds. The zero-order valence-corrected chi connectivity index (χ0v) is 10.5. The average Bonchev–Trinajstić information content (AvgIpc) is 2.24. The summed E-state index contributed by atoms with van der Waals surface area (Å²) in [5, 5.41) is 1.65. The van der Waals surface area contributed by atoms with Crippen molar-refractivity contribution in [1.29, 1.82) is 0 Å². The molecule has 0 unspecified atom stereocenters. The summed E-state index contributed by atoms with van der Waals surface area (Å²) in [5.74, 6) is -4.19. The highest BCUT2D eigenvalue weighted by atomic mass is 35.7. The lowest BCUT2D eigenvalue weighted by Gasteiger charge is -2.07. The Balaban J connectivity index is 3.19. The Bertz CT molecular complexity index is 606. The number of alkyl halides is 2. The fraction of sp³-hybridized carbons (Fsp3) is 0.222. The number of carbonyl (C=O) groups excluding carboxylic acids is 1. The smallest absolute Gasteiger partial charge is 0.264 e. The Labute approximate surface area is 109 Å². The molecule has 1 N–H and O–H groups in total. The van der Waals surface area contributed by atoms with Gasteiger partial charge in [-0.2, -0.15) is 0 Å². The minimum Gasteiger partial charge on any atom is -0.346 e. The van der Waals surface area contributed by atoms with E-state index in [-0.39, 0.29) is 6.07 Å². The molecule has 0 bridgehead atoms. The van der Waals surface area contributed by atoms with Crippen molar-refractivity contribution < 1.29 is 30.8 Å². The van der Waals surface area contributed by atoms with Gasteiger partial charge in [0.2, 0.25) is 0 Å². The zero-order chi connectivity index (χ0) is 14.8. The SMILES string of the molecule is O=C(NCC(F)F)c1cc(S(=O)(=O)Cl)c(F)cc1F. The molecule has 0 saturated carbocycles. The number of halogens is 5. The lowest BCUT2D eigenvalue weighted by Crippen LogP contribution is -2.29. The normalized spacial score (nSPS) is 11.7. The van der Waals surface area contributed by atoms with E-state index in [1.807, 2.05) is 0 Å². The van der Waals surface area contributed by atoms with Gasteiger partial charge >= 0.3 is 0 Å². The number of nitrogens with one attached hydrogen (secondary N) is 1. The van der Waals surface area contributed by atoms with Crippen molar-refractivity contribution in [3.63, 3.8) is 0 Å². The van der Waals surface area contributed by atoms with E-state index in [2.05, 4.69) is 0 Å². The van der Waals surface area contributed by atoms with Gasteiger partial charge in [-0.1, -0.05) is 0 Å². The van der Waals surface area contributed by atoms with Gasteiger partial charge in [0.15, 0.2) is 0 Å². The van der Waals surface area contributed by atoms with Crippen LogP contribution in [0.1, 0.15) is 10.4 Å². The van der Waals surface area contributed by atoms with Gasteiger partial charge in [-0.05, 0) is 6.07 Å². The van der Waals surface area contributed by atoms with Crippen LogP contribution in [0.5, 0.6) is 0 Å². The van der Waals surface area contributed by atoms with E-state index in [4.69, 9.17) is 10.7 Å². The fourth-order valence-electron chi connectivity index (χ4n) is 1.16. The Morgan fingerprint density at radius 1 is 1.26 bits per heavy atom. The van der Waals surface area contributed by atoms with Crippen LogP contribution < -0.4 is 5.32 Å². The third-order valence-electron chi connectivity index (χ3n) is 1.95. The second-order valence-corrected chi connectivity index (χ2v) is 5.84. The summed E-state index contributed by atoms with van der Waals surface area (Å²) in [5.41, 5.74) is -0.902. The van der Waals surface area contributed by atoms with E-state index in [1.165, 1.54) is 0 Å². The van der Waals surface area contributed by atoms with Crippen LogP contribution in [0.3, 0.4) is 0 Å². The van der Waals surface area contributed by atoms with Gasteiger partial charge < -0.3 is 5.32 Å². The summed E-state index contributed by atoms with van der Waals surface area (Å²) in [6.07, 6.45) is -2.87. The van der Waals surface area contributed by atoms with Gasteiger partial charge in [-0.25, -0.2) is 26.0 Å². The Morgan fingerprint density at radius 2 is 1.84 bits per heavy atom. The van der Waals surface area contributed by atoms with E-state index in [0.29, 0.717) is 6.07 Å². The van der Waals surface area contributed by atoms with Gasteiger partial charge in [-0.3, -0.25) is 4.79 Å². The molecule has 19 heavy (non-hydrogen) atoms. The van der Waals surface area contributed by atoms with Crippen molar-refractivity contribution in [1.82, 2.24) is 5.32 Å². The molecule has 1 rings (SSSR count). The van der Waals surface area contributed by atoms with Crippen LogP contribution in [0.25, 0.3) is 0 Å². The molecule has 0 saturated heterocycles. The molecule has 4 nitrogen and oxygen atoms in total. The van der Waals surface area contributed by atoms with Gasteiger partial charge in [0.05, 0.1) is 12.1 Å². The van der Waals surface area contributed by atoms with Crippen molar-refractivity contribution >= 4 is 25.6 Å². The summed E-state index contributed by atoms with van der Waals surface area (Å²) >= 11 is 0. The first-order valence-corrected chi connectivity index (χ1v) is 6.94. The maximum atomic E-state index is 13.3. The van der Waals surface area contributed by atoms with Crippen molar-refractivity contribution in [2.45, 2.75) is 11.3 Å².